The Morgan fingerprint density at radius 3 is 2.73 bits per heavy atom. The van der Waals surface area contributed by atoms with Crippen molar-refractivity contribution in [3.63, 3.8) is 0 Å². The first-order valence-electron chi connectivity index (χ1n) is 6.31. The molecule has 6 nitrogen and oxygen atoms in total. The number of nitrogens with zero attached hydrogens (tertiary/aromatic N) is 2. The molecule has 110 valence electrons. The van der Waals surface area contributed by atoms with E-state index in [0.29, 0.717) is 10.8 Å². The monoisotopic (exact) mass is 315 g/mol. The van der Waals surface area contributed by atoms with Crippen LogP contribution >= 0.6 is 11.6 Å². The molecule has 0 spiro atoms. The molecule has 0 radical (unpaired) electrons. The maximum absolute atomic E-state index is 12.1. The molecule has 22 heavy (non-hydrogen) atoms. The maximum Gasteiger partial charge on any atom is 0.279 e. The summed E-state index contributed by atoms with van der Waals surface area (Å²) in [5.74, 6) is -0.161. The molecule has 2 aromatic heterocycles. The van der Waals surface area contributed by atoms with E-state index in [0.717, 1.165) is 5.56 Å². The number of aromatic nitrogens is 2. The van der Waals surface area contributed by atoms with Gasteiger partial charge in [-0.3, -0.25) is 4.79 Å². The van der Waals surface area contributed by atoms with Crippen LogP contribution in [0.5, 0.6) is 5.75 Å². The summed E-state index contributed by atoms with van der Waals surface area (Å²) in [5.41, 5.74) is 0.826. The number of halogens is 1. The summed E-state index contributed by atoms with van der Waals surface area (Å²) in [4.78, 5) is 15.9. The van der Waals surface area contributed by atoms with Crippen LogP contribution in [0.15, 0.2) is 53.2 Å². The molecule has 0 unspecified atom stereocenters. The number of pyridine rings is 1. The van der Waals surface area contributed by atoms with Crippen molar-refractivity contribution < 1.29 is 14.4 Å². The molecule has 3 rings (SSSR count). The van der Waals surface area contributed by atoms with Gasteiger partial charge in [-0.15, -0.1) is 0 Å². The quantitative estimate of drug-likeness (QED) is 0.773. The second-order valence-corrected chi connectivity index (χ2v) is 4.84. The highest BCUT2D eigenvalue weighted by Crippen LogP contribution is 2.23. The van der Waals surface area contributed by atoms with E-state index in [9.17, 15) is 9.90 Å². The number of rotatable bonds is 3. The molecule has 0 aliphatic heterocycles. The first-order chi connectivity index (χ1) is 10.6. The van der Waals surface area contributed by atoms with Gasteiger partial charge in [0.05, 0.1) is 0 Å². The fraction of sp³-hybridized carbons (Fsp3) is 0. The highest BCUT2D eigenvalue weighted by Gasteiger charge is 2.15. The molecule has 1 amide bonds. The van der Waals surface area contributed by atoms with Crippen LogP contribution in [0.25, 0.3) is 11.3 Å². The van der Waals surface area contributed by atoms with Gasteiger partial charge < -0.3 is 14.9 Å². The van der Waals surface area contributed by atoms with Crippen LogP contribution in [0, 0.1) is 0 Å². The van der Waals surface area contributed by atoms with Crippen molar-refractivity contribution in [1.29, 1.82) is 0 Å². The zero-order valence-electron chi connectivity index (χ0n) is 11.2. The van der Waals surface area contributed by atoms with E-state index >= 15 is 0 Å². The summed E-state index contributed by atoms with van der Waals surface area (Å²) in [7, 11) is 0. The first-order valence-corrected chi connectivity index (χ1v) is 6.69. The predicted octanol–water partition coefficient (Wildman–Crippen LogP) is 3.35. The summed E-state index contributed by atoms with van der Waals surface area (Å²) in [6.45, 7) is 0. The number of carbonyl (C=O) groups excluding carboxylic acids is 1. The van der Waals surface area contributed by atoms with Crippen molar-refractivity contribution >= 4 is 23.3 Å². The van der Waals surface area contributed by atoms with E-state index in [2.05, 4.69) is 15.5 Å². The third kappa shape index (κ3) is 2.91. The van der Waals surface area contributed by atoms with Crippen LogP contribution in [0.1, 0.15) is 10.5 Å². The normalized spacial score (nSPS) is 10.4. The van der Waals surface area contributed by atoms with Crippen molar-refractivity contribution in [3.8, 4) is 17.1 Å². The number of hydrogen-bond donors (Lipinski definition) is 2. The molecule has 0 saturated carbocycles. The van der Waals surface area contributed by atoms with E-state index < -0.39 is 5.91 Å². The van der Waals surface area contributed by atoms with Crippen molar-refractivity contribution in [2.45, 2.75) is 0 Å². The van der Waals surface area contributed by atoms with Gasteiger partial charge in [-0.1, -0.05) is 16.8 Å². The molecular weight excluding hydrogens is 306 g/mol. The molecule has 3 aromatic rings. The third-order valence-corrected chi connectivity index (χ3v) is 3.14. The minimum atomic E-state index is -0.530. The van der Waals surface area contributed by atoms with Crippen LogP contribution < -0.4 is 5.32 Å². The van der Waals surface area contributed by atoms with Gasteiger partial charge in [0.1, 0.15) is 0 Å². The van der Waals surface area contributed by atoms with Gasteiger partial charge in [-0.2, -0.15) is 0 Å². The molecule has 1 aromatic carbocycles. The summed E-state index contributed by atoms with van der Waals surface area (Å²) in [5, 5.41) is 16.4. The van der Waals surface area contributed by atoms with Crippen molar-refractivity contribution in [2.24, 2.45) is 0 Å². The van der Waals surface area contributed by atoms with Crippen LogP contribution in [0.2, 0.25) is 5.02 Å². The highest BCUT2D eigenvalue weighted by molar-refractivity contribution is 6.30. The minimum Gasteiger partial charge on any atom is -0.504 e. The van der Waals surface area contributed by atoms with Gasteiger partial charge in [0.2, 0.25) is 0 Å². The molecular formula is C15H10ClN3O3. The number of amides is 1. The Hall–Kier alpha value is -2.86. The van der Waals surface area contributed by atoms with E-state index in [4.69, 9.17) is 16.1 Å². The van der Waals surface area contributed by atoms with Crippen LogP contribution in [0.3, 0.4) is 0 Å². The summed E-state index contributed by atoms with van der Waals surface area (Å²) < 4.78 is 5.14. The third-order valence-electron chi connectivity index (χ3n) is 2.89. The molecule has 0 aliphatic carbocycles. The molecule has 2 heterocycles. The smallest absolute Gasteiger partial charge is 0.279 e. The standard InChI is InChI=1S/C15H10ClN3O3/c16-10-5-3-9(4-6-10)13-8-11(19-22-13)15(21)18-14-12(20)2-1-7-17-14/h1-8,20H,(H,17,18,21). The number of carbonyl (C=O) groups is 1. The largest absolute Gasteiger partial charge is 0.504 e. The molecule has 0 atom stereocenters. The van der Waals surface area contributed by atoms with Gasteiger partial charge in [-0.05, 0) is 36.4 Å². The lowest BCUT2D eigenvalue weighted by molar-refractivity contribution is 0.101. The first kappa shape index (κ1) is 14.1. The predicted molar refractivity (Wildman–Crippen MR) is 80.8 cm³/mol. The van der Waals surface area contributed by atoms with Gasteiger partial charge >= 0.3 is 0 Å². The van der Waals surface area contributed by atoms with Crippen LogP contribution in [-0.2, 0) is 0 Å². The Kier molecular flexibility index (Phi) is 3.76. The number of nitrogens with one attached hydrogen (secondary N) is 1. The van der Waals surface area contributed by atoms with Crippen LogP contribution in [0.4, 0.5) is 5.82 Å². The number of aromatic hydroxyl groups is 1. The Bertz CT molecular complexity index is 815. The molecule has 0 aliphatic rings. The molecule has 0 fully saturated rings. The van der Waals surface area contributed by atoms with Crippen molar-refractivity contribution in [2.75, 3.05) is 5.32 Å². The lowest BCUT2D eigenvalue weighted by Gasteiger charge is -2.02. The average Bonchev–Trinajstić information content (AvgIpc) is 3.00. The molecule has 0 bridgehead atoms. The number of anilines is 1. The second kappa shape index (κ2) is 5.87. The Morgan fingerprint density at radius 2 is 2.00 bits per heavy atom. The van der Waals surface area contributed by atoms with E-state index in [1.807, 2.05) is 0 Å². The number of benzene rings is 1. The zero-order chi connectivity index (χ0) is 15.5. The van der Waals surface area contributed by atoms with Gasteiger partial charge in [0, 0.05) is 22.8 Å². The second-order valence-electron chi connectivity index (χ2n) is 4.41. The summed E-state index contributed by atoms with van der Waals surface area (Å²) >= 11 is 5.82. The van der Waals surface area contributed by atoms with Gasteiger partial charge in [-0.25, -0.2) is 4.98 Å². The Balaban J connectivity index is 1.80. The summed E-state index contributed by atoms with van der Waals surface area (Å²) in [6.07, 6.45) is 1.46. The lowest BCUT2D eigenvalue weighted by Crippen LogP contribution is -2.13. The van der Waals surface area contributed by atoms with Crippen LogP contribution in [-0.4, -0.2) is 21.2 Å². The fourth-order valence-electron chi connectivity index (χ4n) is 1.80. The fourth-order valence-corrected chi connectivity index (χ4v) is 1.92. The highest BCUT2D eigenvalue weighted by atomic mass is 35.5. The van der Waals surface area contributed by atoms with E-state index in [-0.39, 0.29) is 17.3 Å². The number of hydrogen-bond acceptors (Lipinski definition) is 5. The zero-order valence-corrected chi connectivity index (χ0v) is 11.9. The SMILES string of the molecule is O=C(Nc1ncccc1O)c1cc(-c2ccc(Cl)cc2)on1. The summed E-state index contributed by atoms with van der Waals surface area (Å²) in [6, 6.07) is 11.4. The van der Waals surface area contributed by atoms with Crippen molar-refractivity contribution in [3.05, 3.63) is 59.4 Å². The molecule has 7 heteroatoms. The van der Waals surface area contributed by atoms with Gasteiger partial charge in [0.15, 0.2) is 23.0 Å². The molecule has 2 N–H and O–H groups in total. The lowest BCUT2D eigenvalue weighted by atomic mass is 10.1. The van der Waals surface area contributed by atoms with Crippen molar-refractivity contribution in [1.82, 2.24) is 10.1 Å². The maximum atomic E-state index is 12.1. The van der Waals surface area contributed by atoms with Gasteiger partial charge in [0.25, 0.3) is 5.91 Å². The van der Waals surface area contributed by atoms with E-state index in [1.165, 1.54) is 18.3 Å². The Morgan fingerprint density at radius 1 is 1.23 bits per heavy atom. The average molecular weight is 316 g/mol. The Labute approximate surface area is 130 Å². The minimum absolute atomic E-state index is 0.0588. The van der Waals surface area contributed by atoms with E-state index in [1.54, 1.807) is 30.3 Å². The topological polar surface area (TPSA) is 88.2 Å². The molecule has 0 saturated heterocycles.